The van der Waals surface area contributed by atoms with E-state index in [9.17, 15) is 4.79 Å². The molecule has 0 radical (unpaired) electrons. The molecule has 1 aromatic carbocycles. The van der Waals surface area contributed by atoms with Crippen molar-refractivity contribution in [3.8, 4) is 11.6 Å². The van der Waals surface area contributed by atoms with Crippen LogP contribution >= 0.6 is 0 Å². The van der Waals surface area contributed by atoms with Gasteiger partial charge in [0.15, 0.2) is 0 Å². The van der Waals surface area contributed by atoms with Gasteiger partial charge in [0.1, 0.15) is 5.75 Å². The van der Waals surface area contributed by atoms with E-state index in [0.717, 1.165) is 5.69 Å². The third kappa shape index (κ3) is 3.68. The van der Waals surface area contributed by atoms with Crippen LogP contribution in [0.1, 0.15) is 5.69 Å². The number of aromatic nitrogens is 2. The molecule has 2 amide bonds. The molecule has 0 bridgehead atoms. The highest BCUT2D eigenvalue weighted by Gasteiger charge is 2.04. The quantitative estimate of drug-likeness (QED) is 0.932. The fourth-order valence-electron chi connectivity index (χ4n) is 1.45. The maximum Gasteiger partial charge on any atom is 0.321 e. The van der Waals surface area contributed by atoms with Crippen LogP contribution in [0, 0.1) is 6.92 Å². The lowest BCUT2D eigenvalue weighted by molar-refractivity contribution is 0.230. The van der Waals surface area contributed by atoms with Crippen LogP contribution in [0.25, 0.3) is 0 Å². The molecule has 0 atom stereocenters. The topological polar surface area (TPSA) is 67.3 Å². The van der Waals surface area contributed by atoms with E-state index >= 15 is 0 Å². The van der Waals surface area contributed by atoms with Crippen LogP contribution in [-0.4, -0.2) is 35.0 Å². The minimum absolute atomic E-state index is 0.178. The van der Waals surface area contributed by atoms with Gasteiger partial charge in [-0.2, -0.15) is 0 Å². The molecular weight excluding hydrogens is 256 g/mol. The Hall–Kier alpha value is -2.63. The molecular formula is C14H16N4O2. The van der Waals surface area contributed by atoms with Gasteiger partial charge < -0.3 is 15.0 Å². The zero-order valence-corrected chi connectivity index (χ0v) is 11.6. The van der Waals surface area contributed by atoms with E-state index in [0.29, 0.717) is 17.3 Å². The number of hydrogen-bond acceptors (Lipinski definition) is 4. The minimum atomic E-state index is -0.178. The lowest BCUT2D eigenvalue weighted by Crippen LogP contribution is -2.27. The molecule has 0 spiro atoms. The molecule has 104 valence electrons. The normalized spacial score (nSPS) is 9.95. The van der Waals surface area contributed by atoms with Gasteiger partial charge >= 0.3 is 6.03 Å². The Balaban J connectivity index is 2.03. The number of urea groups is 1. The van der Waals surface area contributed by atoms with Gasteiger partial charge in [0.05, 0.1) is 11.9 Å². The van der Waals surface area contributed by atoms with Gasteiger partial charge in [-0.1, -0.05) is 0 Å². The van der Waals surface area contributed by atoms with Crippen molar-refractivity contribution in [2.75, 3.05) is 19.4 Å². The largest absolute Gasteiger partial charge is 0.437 e. The van der Waals surface area contributed by atoms with Crippen molar-refractivity contribution in [3.63, 3.8) is 0 Å². The molecule has 0 aliphatic heterocycles. The molecule has 0 aliphatic rings. The van der Waals surface area contributed by atoms with Gasteiger partial charge in [-0.25, -0.2) is 9.78 Å². The van der Waals surface area contributed by atoms with E-state index in [1.54, 1.807) is 50.8 Å². The molecule has 1 heterocycles. The predicted octanol–water partition coefficient (Wildman–Crippen LogP) is 2.67. The Bertz CT molecular complexity index is 596. The average Bonchev–Trinajstić information content (AvgIpc) is 2.41. The maximum atomic E-state index is 11.5. The predicted molar refractivity (Wildman–Crippen MR) is 76.0 cm³/mol. The molecule has 6 nitrogen and oxygen atoms in total. The van der Waals surface area contributed by atoms with E-state index in [-0.39, 0.29) is 6.03 Å². The van der Waals surface area contributed by atoms with Crippen molar-refractivity contribution in [2.24, 2.45) is 0 Å². The second-order valence-corrected chi connectivity index (χ2v) is 4.45. The number of anilines is 1. The van der Waals surface area contributed by atoms with Crippen molar-refractivity contribution in [2.45, 2.75) is 6.92 Å². The second kappa shape index (κ2) is 6.01. The monoisotopic (exact) mass is 272 g/mol. The lowest BCUT2D eigenvalue weighted by Gasteiger charge is -2.12. The first-order chi connectivity index (χ1) is 9.54. The summed E-state index contributed by atoms with van der Waals surface area (Å²) in [7, 11) is 3.37. The van der Waals surface area contributed by atoms with Crippen LogP contribution < -0.4 is 10.1 Å². The van der Waals surface area contributed by atoms with Gasteiger partial charge in [-0.05, 0) is 31.2 Å². The van der Waals surface area contributed by atoms with Crippen LogP contribution in [0.4, 0.5) is 10.5 Å². The van der Waals surface area contributed by atoms with Crippen molar-refractivity contribution in [1.29, 1.82) is 0 Å². The number of aryl methyl sites for hydroxylation is 1. The van der Waals surface area contributed by atoms with E-state index in [1.165, 1.54) is 4.90 Å². The highest BCUT2D eigenvalue weighted by Crippen LogP contribution is 2.21. The van der Waals surface area contributed by atoms with Gasteiger partial charge in [0, 0.05) is 26.0 Å². The van der Waals surface area contributed by atoms with Crippen molar-refractivity contribution < 1.29 is 9.53 Å². The highest BCUT2D eigenvalue weighted by molar-refractivity contribution is 5.88. The summed E-state index contributed by atoms with van der Waals surface area (Å²) < 4.78 is 5.57. The standard InChI is InChI=1S/C14H16N4O2/c1-10-8-15-9-13(16-10)20-12-6-4-11(5-7-12)17-14(19)18(2)3/h4-9H,1-3H3,(H,17,19). The molecule has 0 unspecified atom stereocenters. The number of nitrogens with zero attached hydrogens (tertiary/aromatic N) is 3. The van der Waals surface area contributed by atoms with Crippen molar-refractivity contribution in [1.82, 2.24) is 14.9 Å². The number of carbonyl (C=O) groups excluding carboxylic acids is 1. The summed E-state index contributed by atoms with van der Waals surface area (Å²) in [6, 6.07) is 6.87. The summed E-state index contributed by atoms with van der Waals surface area (Å²) in [4.78, 5) is 21.2. The molecule has 0 fully saturated rings. The van der Waals surface area contributed by atoms with Crippen LogP contribution in [0.5, 0.6) is 11.6 Å². The number of ether oxygens (including phenoxy) is 1. The Morgan fingerprint density at radius 3 is 2.50 bits per heavy atom. The summed E-state index contributed by atoms with van der Waals surface area (Å²) in [6.07, 6.45) is 3.21. The van der Waals surface area contributed by atoms with Crippen LogP contribution in [0.2, 0.25) is 0 Å². The zero-order valence-electron chi connectivity index (χ0n) is 11.6. The number of carbonyl (C=O) groups is 1. The molecule has 6 heteroatoms. The summed E-state index contributed by atoms with van der Waals surface area (Å²) in [5.41, 5.74) is 1.49. The summed E-state index contributed by atoms with van der Waals surface area (Å²) in [6.45, 7) is 1.85. The zero-order chi connectivity index (χ0) is 14.5. The molecule has 0 saturated heterocycles. The Labute approximate surface area is 117 Å². The molecule has 20 heavy (non-hydrogen) atoms. The molecule has 1 aromatic heterocycles. The number of nitrogens with one attached hydrogen (secondary N) is 1. The molecule has 0 saturated carbocycles. The van der Waals surface area contributed by atoms with E-state index in [1.807, 2.05) is 6.92 Å². The molecule has 2 aromatic rings. The summed E-state index contributed by atoms with van der Waals surface area (Å²) in [5.74, 6) is 1.07. The second-order valence-electron chi connectivity index (χ2n) is 4.45. The summed E-state index contributed by atoms with van der Waals surface area (Å²) in [5, 5.41) is 2.75. The first kappa shape index (κ1) is 13.8. The number of benzene rings is 1. The lowest BCUT2D eigenvalue weighted by atomic mass is 10.3. The third-order valence-corrected chi connectivity index (χ3v) is 2.47. The van der Waals surface area contributed by atoms with Crippen LogP contribution in [0.15, 0.2) is 36.7 Å². The molecule has 0 aliphatic carbocycles. The SMILES string of the molecule is Cc1cncc(Oc2ccc(NC(=O)N(C)C)cc2)n1. The smallest absolute Gasteiger partial charge is 0.321 e. The van der Waals surface area contributed by atoms with Crippen LogP contribution in [-0.2, 0) is 0 Å². The van der Waals surface area contributed by atoms with Crippen molar-refractivity contribution >= 4 is 11.7 Å². The number of hydrogen-bond donors (Lipinski definition) is 1. The van der Waals surface area contributed by atoms with Crippen molar-refractivity contribution in [3.05, 3.63) is 42.4 Å². The van der Waals surface area contributed by atoms with Gasteiger partial charge in [-0.15, -0.1) is 0 Å². The van der Waals surface area contributed by atoms with E-state index in [2.05, 4.69) is 15.3 Å². The third-order valence-electron chi connectivity index (χ3n) is 2.47. The van der Waals surface area contributed by atoms with E-state index in [4.69, 9.17) is 4.74 Å². The van der Waals surface area contributed by atoms with Crippen LogP contribution in [0.3, 0.4) is 0 Å². The molecule has 2 rings (SSSR count). The first-order valence-corrected chi connectivity index (χ1v) is 6.09. The minimum Gasteiger partial charge on any atom is -0.437 e. The Morgan fingerprint density at radius 1 is 1.20 bits per heavy atom. The molecule has 1 N–H and O–H groups in total. The summed E-state index contributed by atoms with van der Waals surface area (Å²) >= 11 is 0. The van der Waals surface area contributed by atoms with Gasteiger partial charge in [-0.3, -0.25) is 4.98 Å². The Morgan fingerprint density at radius 2 is 1.90 bits per heavy atom. The first-order valence-electron chi connectivity index (χ1n) is 6.09. The maximum absolute atomic E-state index is 11.5. The fourth-order valence-corrected chi connectivity index (χ4v) is 1.45. The average molecular weight is 272 g/mol. The van der Waals surface area contributed by atoms with Gasteiger partial charge in [0.25, 0.3) is 0 Å². The van der Waals surface area contributed by atoms with E-state index < -0.39 is 0 Å². The van der Waals surface area contributed by atoms with Gasteiger partial charge in [0.2, 0.25) is 5.88 Å². The highest BCUT2D eigenvalue weighted by atomic mass is 16.5. The Kier molecular flexibility index (Phi) is 4.14. The number of rotatable bonds is 3. The number of amides is 2. The fraction of sp³-hybridized carbons (Fsp3) is 0.214.